The minimum atomic E-state index is -0.297. The lowest BCUT2D eigenvalue weighted by Crippen LogP contribution is -1.99. The Labute approximate surface area is 113 Å². The van der Waals surface area contributed by atoms with Crippen LogP contribution >= 0.6 is 15.9 Å². The molecule has 1 N–H and O–H groups in total. The average molecular weight is 311 g/mol. The normalized spacial score (nSPS) is 10.4. The highest BCUT2D eigenvalue weighted by Crippen LogP contribution is 2.21. The molecule has 0 aromatic heterocycles. The fourth-order valence-electron chi connectivity index (χ4n) is 1.57. The summed E-state index contributed by atoms with van der Waals surface area (Å²) in [7, 11) is 0. The Morgan fingerprint density at radius 2 is 1.94 bits per heavy atom. The summed E-state index contributed by atoms with van der Waals surface area (Å²) in [6.07, 6.45) is 0. The lowest BCUT2D eigenvalue weighted by atomic mass is 10.2. The minimum Gasteiger partial charge on any atom is -0.489 e. The van der Waals surface area contributed by atoms with Crippen molar-refractivity contribution >= 4 is 15.9 Å². The van der Waals surface area contributed by atoms with Crippen molar-refractivity contribution in [2.45, 2.75) is 13.2 Å². The molecule has 0 unspecified atom stereocenters. The van der Waals surface area contributed by atoms with Gasteiger partial charge in [0.05, 0.1) is 11.1 Å². The van der Waals surface area contributed by atoms with E-state index in [1.165, 1.54) is 6.07 Å². The molecule has 0 saturated carbocycles. The summed E-state index contributed by atoms with van der Waals surface area (Å²) < 4.78 is 19.1. The zero-order valence-electron chi connectivity index (χ0n) is 9.57. The van der Waals surface area contributed by atoms with E-state index in [2.05, 4.69) is 15.9 Å². The number of hydrogen-bond acceptors (Lipinski definition) is 2. The molecule has 18 heavy (non-hydrogen) atoms. The number of para-hydroxylation sites is 1. The molecule has 0 aliphatic heterocycles. The number of aliphatic hydroxyl groups is 1. The third kappa shape index (κ3) is 3.09. The highest BCUT2D eigenvalue weighted by atomic mass is 79.9. The van der Waals surface area contributed by atoms with Crippen LogP contribution in [0.25, 0.3) is 0 Å². The van der Waals surface area contributed by atoms with Gasteiger partial charge in [0.25, 0.3) is 0 Å². The second-order valence-corrected chi connectivity index (χ2v) is 4.66. The summed E-state index contributed by atoms with van der Waals surface area (Å²) in [5, 5.41) is 9.16. The van der Waals surface area contributed by atoms with Gasteiger partial charge in [-0.1, -0.05) is 24.3 Å². The van der Waals surface area contributed by atoms with E-state index in [1.54, 1.807) is 24.3 Å². The van der Waals surface area contributed by atoms with Crippen LogP contribution in [0.15, 0.2) is 46.9 Å². The number of aliphatic hydroxyl groups excluding tert-OH is 1. The van der Waals surface area contributed by atoms with E-state index in [1.807, 2.05) is 12.1 Å². The van der Waals surface area contributed by atoms with Crippen molar-refractivity contribution in [3.05, 3.63) is 63.9 Å². The van der Waals surface area contributed by atoms with Crippen LogP contribution in [0.3, 0.4) is 0 Å². The van der Waals surface area contributed by atoms with Gasteiger partial charge in [-0.3, -0.25) is 0 Å². The summed E-state index contributed by atoms with van der Waals surface area (Å²) >= 11 is 3.13. The van der Waals surface area contributed by atoms with Gasteiger partial charge in [-0.05, 0) is 39.7 Å². The van der Waals surface area contributed by atoms with E-state index >= 15 is 0 Å². The number of hydrogen-bond donors (Lipinski definition) is 1. The quantitative estimate of drug-likeness (QED) is 0.934. The molecule has 2 rings (SSSR count). The van der Waals surface area contributed by atoms with E-state index < -0.39 is 0 Å². The number of ether oxygens (including phenoxy) is 1. The van der Waals surface area contributed by atoms with Crippen molar-refractivity contribution < 1.29 is 14.2 Å². The number of rotatable bonds is 4. The van der Waals surface area contributed by atoms with E-state index in [0.717, 1.165) is 11.1 Å². The van der Waals surface area contributed by atoms with Crippen LogP contribution in [0.1, 0.15) is 11.1 Å². The first-order valence-corrected chi connectivity index (χ1v) is 6.25. The highest BCUT2D eigenvalue weighted by Gasteiger charge is 2.04. The topological polar surface area (TPSA) is 29.5 Å². The zero-order chi connectivity index (χ0) is 13.0. The molecule has 0 aliphatic carbocycles. The van der Waals surface area contributed by atoms with Crippen LogP contribution in [0.5, 0.6) is 5.75 Å². The van der Waals surface area contributed by atoms with Gasteiger partial charge in [-0.15, -0.1) is 0 Å². The molecule has 2 aromatic carbocycles. The molecule has 0 aliphatic rings. The molecule has 0 amide bonds. The highest BCUT2D eigenvalue weighted by molar-refractivity contribution is 9.10. The second kappa shape index (κ2) is 5.98. The molecule has 4 heteroatoms. The molecule has 0 bridgehead atoms. The SMILES string of the molecule is OCc1ccccc1OCc1ccc(F)c(Br)c1. The largest absolute Gasteiger partial charge is 0.489 e. The smallest absolute Gasteiger partial charge is 0.137 e. The zero-order valence-corrected chi connectivity index (χ0v) is 11.2. The maximum absolute atomic E-state index is 13.1. The van der Waals surface area contributed by atoms with E-state index in [0.29, 0.717) is 16.8 Å². The van der Waals surface area contributed by atoms with Gasteiger partial charge in [0.1, 0.15) is 18.2 Å². The first-order chi connectivity index (χ1) is 8.70. The van der Waals surface area contributed by atoms with E-state index in [9.17, 15) is 4.39 Å². The van der Waals surface area contributed by atoms with Gasteiger partial charge in [-0.25, -0.2) is 4.39 Å². The summed E-state index contributed by atoms with van der Waals surface area (Å²) in [6, 6.07) is 12.0. The third-order valence-corrected chi connectivity index (χ3v) is 3.13. The Morgan fingerprint density at radius 3 is 2.67 bits per heavy atom. The number of halogens is 2. The Hall–Kier alpha value is -1.39. The van der Waals surface area contributed by atoms with Gasteiger partial charge in [0.2, 0.25) is 0 Å². The molecular weight excluding hydrogens is 299 g/mol. The lowest BCUT2D eigenvalue weighted by molar-refractivity contribution is 0.259. The lowest BCUT2D eigenvalue weighted by Gasteiger charge is -2.10. The van der Waals surface area contributed by atoms with Crippen LogP contribution in [-0.2, 0) is 13.2 Å². The van der Waals surface area contributed by atoms with Gasteiger partial charge in [0, 0.05) is 5.56 Å². The van der Waals surface area contributed by atoms with E-state index in [4.69, 9.17) is 9.84 Å². The Bertz CT molecular complexity index is 543. The minimum absolute atomic E-state index is 0.0662. The monoisotopic (exact) mass is 310 g/mol. The fraction of sp³-hybridized carbons (Fsp3) is 0.143. The second-order valence-electron chi connectivity index (χ2n) is 3.80. The summed E-state index contributed by atoms with van der Waals surface area (Å²) in [5.74, 6) is 0.343. The standard InChI is InChI=1S/C14H12BrFO2/c15-12-7-10(5-6-13(12)16)9-18-14-4-2-1-3-11(14)8-17/h1-7,17H,8-9H2. The van der Waals surface area contributed by atoms with Crippen LogP contribution in [0, 0.1) is 5.82 Å². The van der Waals surface area contributed by atoms with Crippen molar-refractivity contribution in [3.8, 4) is 5.75 Å². The summed E-state index contributed by atoms with van der Waals surface area (Å²) in [5.41, 5.74) is 1.59. The van der Waals surface area contributed by atoms with Crippen molar-refractivity contribution in [2.24, 2.45) is 0 Å². The Balaban J connectivity index is 2.09. The Morgan fingerprint density at radius 1 is 1.17 bits per heavy atom. The molecule has 94 valence electrons. The molecule has 0 radical (unpaired) electrons. The van der Waals surface area contributed by atoms with Crippen LogP contribution in [-0.4, -0.2) is 5.11 Å². The predicted molar refractivity (Wildman–Crippen MR) is 70.8 cm³/mol. The van der Waals surface area contributed by atoms with Crippen molar-refractivity contribution in [2.75, 3.05) is 0 Å². The molecule has 2 nitrogen and oxygen atoms in total. The average Bonchev–Trinajstić information content (AvgIpc) is 2.40. The van der Waals surface area contributed by atoms with Crippen LogP contribution in [0.4, 0.5) is 4.39 Å². The molecule has 0 fully saturated rings. The predicted octanol–water partition coefficient (Wildman–Crippen LogP) is 3.66. The first-order valence-electron chi connectivity index (χ1n) is 5.46. The molecule has 2 aromatic rings. The third-order valence-electron chi connectivity index (χ3n) is 2.52. The summed E-state index contributed by atoms with van der Waals surface area (Å²) in [6.45, 7) is 0.263. The Kier molecular flexibility index (Phi) is 4.33. The van der Waals surface area contributed by atoms with Gasteiger partial charge < -0.3 is 9.84 Å². The van der Waals surface area contributed by atoms with E-state index in [-0.39, 0.29) is 12.4 Å². The van der Waals surface area contributed by atoms with Gasteiger partial charge >= 0.3 is 0 Å². The van der Waals surface area contributed by atoms with Gasteiger partial charge in [0.15, 0.2) is 0 Å². The molecule has 0 heterocycles. The maximum Gasteiger partial charge on any atom is 0.137 e. The van der Waals surface area contributed by atoms with Crippen LogP contribution in [0.2, 0.25) is 0 Å². The van der Waals surface area contributed by atoms with Crippen molar-refractivity contribution in [1.82, 2.24) is 0 Å². The molecule has 0 spiro atoms. The fourth-order valence-corrected chi connectivity index (χ4v) is 1.99. The molecule has 0 saturated heterocycles. The van der Waals surface area contributed by atoms with Crippen LogP contribution < -0.4 is 4.74 Å². The van der Waals surface area contributed by atoms with Crippen molar-refractivity contribution in [3.63, 3.8) is 0 Å². The summed E-state index contributed by atoms with van der Waals surface area (Å²) in [4.78, 5) is 0. The molecular formula is C14H12BrFO2. The first kappa shape index (κ1) is 13.1. The molecule has 0 atom stereocenters. The van der Waals surface area contributed by atoms with Gasteiger partial charge in [-0.2, -0.15) is 0 Å². The number of benzene rings is 2. The maximum atomic E-state index is 13.1. The van der Waals surface area contributed by atoms with Crippen molar-refractivity contribution in [1.29, 1.82) is 0 Å².